The molecule has 0 fully saturated rings. The lowest BCUT2D eigenvalue weighted by atomic mass is 9.92. The molecule has 1 aromatic rings. The third-order valence-corrected chi connectivity index (χ3v) is 3.52. The summed E-state index contributed by atoms with van der Waals surface area (Å²) in [5.74, 6) is -0.394. The van der Waals surface area contributed by atoms with Crippen molar-refractivity contribution in [2.45, 2.75) is 53.0 Å². The maximum Gasteiger partial charge on any atom is 0.130 e. The summed E-state index contributed by atoms with van der Waals surface area (Å²) >= 11 is 0. The van der Waals surface area contributed by atoms with E-state index in [1.165, 1.54) is 0 Å². The summed E-state index contributed by atoms with van der Waals surface area (Å²) in [5, 5.41) is 3.31. The van der Waals surface area contributed by atoms with Crippen LogP contribution in [-0.4, -0.2) is 6.54 Å². The lowest BCUT2D eigenvalue weighted by Gasteiger charge is -2.23. The molecule has 108 valence electrons. The molecule has 0 aliphatic heterocycles. The van der Waals surface area contributed by atoms with Crippen LogP contribution in [0.2, 0.25) is 0 Å². The molecule has 19 heavy (non-hydrogen) atoms. The Balaban J connectivity index is 2.95. The summed E-state index contributed by atoms with van der Waals surface area (Å²) in [7, 11) is 0. The number of hydrogen-bond acceptors (Lipinski definition) is 1. The van der Waals surface area contributed by atoms with Crippen LogP contribution >= 0.6 is 0 Å². The van der Waals surface area contributed by atoms with Crippen molar-refractivity contribution in [3.63, 3.8) is 0 Å². The van der Waals surface area contributed by atoms with Gasteiger partial charge in [0.1, 0.15) is 11.6 Å². The van der Waals surface area contributed by atoms with Gasteiger partial charge in [0.15, 0.2) is 0 Å². The van der Waals surface area contributed by atoms with Crippen LogP contribution in [0.3, 0.4) is 0 Å². The van der Waals surface area contributed by atoms with Crippen LogP contribution in [0.15, 0.2) is 12.1 Å². The average Bonchev–Trinajstić information content (AvgIpc) is 2.33. The highest BCUT2D eigenvalue weighted by molar-refractivity contribution is 5.28. The van der Waals surface area contributed by atoms with Gasteiger partial charge in [0, 0.05) is 17.7 Å². The van der Waals surface area contributed by atoms with E-state index in [0.717, 1.165) is 31.9 Å². The summed E-state index contributed by atoms with van der Waals surface area (Å²) in [5.41, 5.74) is 1.09. The molecule has 2 atom stereocenters. The van der Waals surface area contributed by atoms with Crippen molar-refractivity contribution in [1.82, 2.24) is 5.32 Å². The summed E-state index contributed by atoms with van der Waals surface area (Å²) in [6.45, 7) is 8.80. The summed E-state index contributed by atoms with van der Waals surface area (Å²) in [6.07, 6.45) is 3.14. The Morgan fingerprint density at radius 2 is 1.84 bits per heavy atom. The highest BCUT2D eigenvalue weighted by Gasteiger charge is 2.19. The van der Waals surface area contributed by atoms with Gasteiger partial charge in [-0.05, 0) is 37.4 Å². The predicted molar refractivity (Wildman–Crippen MR) is 76.2 cm³/mol. The molecule has 0 radical (unpaired) electrons. The highest BCUT2D eigenvalue weighted by atomic mass is 19.1. The molecule has 2 unspecified atom stereocenters. The monoisotopic (exact) mass is 269 g/mol. The van der Waals surface area contributed by atoms with E-state index in [2.05, 4.69) is 19.2 Å². The molecule has 0 amide bonds. The normalized spacial score (nSPS) is 14.4. The van der Waals surface area contributed by atoms with Crippen molar-refractivity contribution < 1.29 is 8.78 Å². The van der Waals surface area contributed by atoms with Crippen LogP contribution in [0.1, 0.15) is 57.2 Å². The lowest BCUT2D eigenvalue weighted by Crippen LogP contribution is -2.24. The van der Waals surface area contributed by atoms with Crippen LogP contribution < -0.4 is 5.32 Å². The van der Waals surface area contributed by atoms with Gasteiger partial charge >= 0.3 is 0 Å². The first-order valence-corrected chi connectivity index (χ1v) is 7.18. The number of nitrogens with one attached hydrogen (secondary N) is 1. The van der Waals surface area contributed by atoms with Gasteiger partial charge in [0.05, 0.1) is 0 Å². The zero-order valence-electron chi connectivity index (χ0n) is 12.4. The first-order chi connectivity index (χ1) is 8.99. The third kappa shape index (κ3) is 4.57. The molecular weight excluding hydrogens is 244 g/mol. The second-order valence-electron chi connectivity index (χ2n) is 5.36. The van der Waals surface area contributed by atoms with Crippen molar-refractivity contribution in [2.75, 3.05) is 6.54 Å². The van der Waals surface area contributed by atoms with Crippen molar-refractivity contribution in [2.24, 2.45) is 5.92 Å². The largest absolute Gasteiger partial charge is 0.310 e. The second-order valence-corrected chi connectivity index (χ2v) is 5.36. The second kappa shape index (κ2) is 7.59. The zero-order valence-corrected chi connectivity index (χ0v) is 12.4. The van der Waals surface area contributed by atoms with Crippen molar-refractivity contribution in [3.05, 3.63) is 34.9 Å². The molecule has 3 heteroatoms. The first kappa shape index (κ1) is 16.1. The van der Waals surface area contributed by atoms with Crippen LogP contribution in [-0.2, 0) is 0 Å². The van der Waals surface area contributed by atoms with E-state index < -0.39 is 11.6 Å². The number of rotatable bonds is 7. The molecule has 0 heterocycles. The molecule has 0 spiro atoms. The summed E-state index contributed by atoms with van der Waals surface area (Å²) in [4.78, 5) is 0. The molecule has 0 saturated heterocycles. The molecule has 0 saturated carbocycles. The van der Waals surface area contributed by atoms with Gasteiger partial charge in [-0.15, -0.1) is 0 Å². The fourth-order valence-electron chi connectivity index (χ4n) is 2.53. The first-order valence-electron chi connectivity index (χ1n) is 7.18. The van der Waals surface area contributed by atoms with Crippen LogP contribution in [0.25, 0.3) is 0 Å². The fraction of sp³-hybridized carbons (Fsp3) is 0.625. The van der Waals surface area contributed by atoms with Gasteiger partial charge in [-0.1, -0.05) is 33.6 Å². The van der Waals surface area contributed by atoms with E-state index in [4.69, 9.17) is 0 Å². The minimum absolute atomic E-state index is 0.0363. The minimum Gasteiger partial charge on any atom is -0.310 e. The van der Waals surface area contributed by atoms with E-state index in [1.807, 2.05) is 6.92 Å². The smallest absolute Gasteiger partial charge is 0.130 e. The van der Waals surface area contributed by atoms with Crippen LogP contribution in [0.4, 0.5) is 8.78 Å². The van der Waals surface area contributed by atoms with Crippen LogP contribution in [0, 0.1) is 24.5 Å². The average molecular weight is 269 g/mol. The fourth-order valence-corrected chi connectivity index (χ4v) is 2.53. The Kier molecular flexibility index (Phi) is 6.43. The Morgan fingerprint density at radius 1 is 1.16 bits per heavy atom. The maximum absolute atomic E-state index is 14.0. The van der Waals surface area contributed by atoms with Crippen LogP contribution in [0.5, 0.6) is 0 Å². The van der Waals surface area contributed by atoms with Gasteiger partial charge in [-0.3, -0.25) is 0 Å². The molecule has 1 N–H and O–H groups in total. The lowest BCUT2D eigenvalue weighted by molar-refractivity contribution is 0.385. The number of benzene rings is 1. The molecule has 1 rings (SSSR count). The van der Waals surface area contributed by atoms with Gasteiger partial charge in [0.25, 0.3) is 0 Å². The quantitative estimate of drug-likeness (QED) is 0.753. The SMILES string of the molecule is CCCC(C)CC(NCC)c1cc(C)c(F)cc1F. The molecule has 0 aliphatic carbocycles. The molecule has 0 bridgehead atoms. The molecular formula is C16H25F2N. The zero-order chi connectivity index (χ0) is 14.4. The number of aryl methyl sites for hydroxylation is 1. The molecule has 1 nitrogen and oxygen atoms in total. The maximum atomic E-state index is 14.0. The Labute approximate surface area is 115 Å². The summed E-state index contributed by atoms with van der Waals surface area (Å²) < 4.78 is 27.3. The van der Waals surface area contributed by atoms with Crippen molar-refractivity contribution >= 4 is 0 Å². The summed E-state index contributed by atoms with van der Waals surface area (Å²) in [6, 6.07) is 2.60. The van der Waals surface area contributed by atoms with Crippen molar-refractivity contribution in [1.29, 1.82) is 0 Å². The van der Waals surface area contributed by atoms with E-state index >= 15 is 0 Å². The number of halogens is 2. The van der Waals surface area contributed by atoms with E-state index in [-0.39, 0.29) is 6.04 Å². The van der Waals surface area contributed by atoms with Gasteiger partial charge in [-0.2, -0.15) is 0 Å². The van der Waals surface area contributed by atoms with Gasteiger partial charge < -0.3 is 5.32 Å². The number of hydrogen-bond donors (Lipinski definition) is 1. The predicted octanol–water partition coefficient (Wildman–Crippen LogP) is 4.75. The van der Waals surface area contributed by atoms with E-state index in [0.29, 0.717) is 17.0 Å². The van der Waals surface area contributed by atoms with Crippen molar-refractivity contribution in [3.8, 4) is 0 Å². The van der Waals surface area contributed by atoms with E-state index in [1.54, 1.807) is 13.0 Å². The minimum atomic E-state index is -0.474. The highest BCUT2D eigenvalue weighted by Crippen LogP contribution is 2.27. The van der Waals surface area contributed by atoms with Gasteiger partial charge in [0.2, 0.25) is 0 Å². The molecule has 0 aliphatic rings. The molecule has 1 aromatic carbocycles. The molecule has 0 aromatic heterocycles. The van der Waals surface area contributed by atoms with Gasteiger partial charge in [-0.25, -0.2) is 8.78 Å². The Bertz CT molecular complexity index is 404. The van der Waals surface area contributed by atoms with E-state index in [9.17, 15) is 8.78 Å². The Morgan fingerprint density at radius 3 is 2.42 bits per heavy atom. The standard InChI is InChI=1S/C16H25F2N/c1-5-7-11(3)8-16(19-6-2)13-9-12(4)14(17)10-15(13)18/h9-11,16,19H,5-8H2,1-4H3. The third-order valence-electron chi connectivity index (χ3n) is 3.52. The topological polar surface area (TPSA) is 12.0 Å². The Hall–Kier alpha value is -0.960.